The van der Waals surface area contributed by atoms with E-state index in [9.17, 15) is 0 Å². The zero-order valence-corrected chi connectivity index (χ0v) is 25.0. The van der Waals surface area contributed by atoms with E-state index in [4.69, 9.17) is 4.74 Å². The van der Waals surface area contributed by atoms with Gasteiger partial charge in [-0.1, -0.05) is 121 Å². The van der Waals surface area contributed by atoms with Crippen LogP contribution in [0.2, 0.25) is 0 Å². The second kappa shape index (κ2) is 9.75. The lowest BCUT2D eigenvalue weighted by molar-refractivity contribution is 0.487. The van der Waals surface area contributed by atoms with E-state index in [2.05, 4.69) is 173 Å². The fourth-order valence-electron chi connectivity index (χ4n) is 7.79. The fraction of sp³-hybridized carbons (Fsp3) is 0. The highest BCUT2D eigenvalue weighted by Crippen LogP contribution is 2.39. The fourth-order valence-corrected chi connectivity index (χ4v) is 7.79. The Morgan fingerprint density at radius 1 is 0.348 bits per heavy atom. The van der Waals surface area contributed by atoms with Gasteiger partial charge < -0.3 is 13.9 Å². The maximum Gasteiger partial charge on any atom is 0.253 e. The first-order chi connectivity index (χ1) is 22.9. The first-order valence-electron chi connectivity index (χ1n) is 15.8. The number of hydrogen-bond acceptors (Lipinski definition) is 1. The summed E-state index contributed by atoms with van der Waals surface area (Å²) in [6, 6.07) is 58.9. The summed E-state index contributed by atoms with van der Waals surface area (Å²) < 4.78 is 11.4. The van der Waals surface area contributed by atoms with E-state index in [1.54, 1.807) is 0 Å². The molecule has 1 aliphatic rings. The lowest BCUT2D eigenvalue weighted by Crippen LogP contribution is -2.55. The quantitative estimate of drug-likeness (QED) is 0.190. The lowest BCUT2D eigenvalue weighted by Gasteiger charge is -2.28. The smallest absolute Gasteiger partial charge is 0.253 e. The monoisotopic (exact) mass is 586 g/mol. The summed E-state index contributed by atoms with van der Waals surface area (Å²) >= 11 is 0. The van der Waals surface area contributed by atoms with Gasteiger partial charge in [-0.15, -0.1) is 0 Å². The van der Waals surface area contributed by atoms with Gasteiger partial charge in [0.25, 0.3) is 6.71 Å². The van der Waals surface area contributed by atoms with Gasteiger partial charge in [-0.2, -0.15) is 0 Å². The summed E-state index contributed by atoms with van der Waals surface area (Å²) in [5, 5.41) is 4.99. The molecule has 0 unspecified atom stereocenters. The molecule has 46 heavy (non-hydrogen) atoms. The molecule has 214 valence electrons. The van der Waals surface area contributed by atoms with E-state index >= 15 is 0 Å². The summed E-state index contributed by atoms with van der Waals surface area (Å²) in [7, 11) is 0. The number of aromatic nitrogens is 2. The van der Waals surface area contributed by atoms with Crippen LogP contribution in [-0.2, 0) is 0 Å². The molecule has 0 radical (unpaired) electrons. The standard InChI is InChI=1S/C42H27BN2O/c1-7-21-35-28(14-1)29-15-2-8-22-36(29)44(35)39-25-13-17-31-30-16-3-9-23-37(30)45(42(31)39)38-24-10-4-18-32(38)43-33-19-5-11-26-40(33)46-41-27-12-6-20-34(41)43/h1-27H. The minimum atomic E-state index is 0.00830. The number of fused-ring (bicyclic) bond motifs is 8. The molecular weight excluding hydrogens is 559 g/mol. The predicted octanol–water partition coefficient (Wildman–Crippen LogP) is 8.50. The van der Waals surface area contributed by atoms with Gasteiger partial charge in [0.15, 0.2) is 0 Å². The zero-order chi connectivity index (χ0) is 30.2. The van der Waals surface area contributed by atoms with Crippen molar-refractivity contribution in [1.82, 2.24) is 9.13 Å². The molecule has 0 atom stereocenters. The van der Waals surface area contributed by atoms with Gasteiger partial charge >= 0.3 is 0 Å². The molecule has 0 saturated heterocycles. The van der Waals surface area contributed by atoms with Crippen LogP contribution in [0, 0.1) is 0 Å². The van der Waals surface area contributed by atoms with Crippen molar-refractivity contribution in [3.63, 3.8) is 0 Å². The van der Waals surface area contributed by atoms with Gasteiger partial charge in [-0.25, -0.2) is 0 Å². The van der Waals surface area contributed by atoms with Gasteiger partial charge in [0.2, 0.25) is 0 Å². The van der Waals surface area contributed by atoms with Crippen LogP contribution in [0.15, 0.2) is 164 Å². The molecule has 0 amide bonds. The van der Waals surface area contributed by atoms with Crippen LogP contribution in [0.3, 0.4) is 0 Å². The summed E-state index contributed by atoms with van der Waals surface area (Å²) in [6.07, 6.45) is 0. The van der Waals surface area contributed by atoms with E-state index in [-0.39, 0.29) is 6.71 Å². The molecule has 2 aromatic heterocycles. The topological polar surface area (TPSA) is 19.1 Å². The highest BCUT2D eigenvalue weighted by atomic mass is 16.5. The molecule has 0 spiro atoms. The van der Waals surface area contributed by atoms with Crippen molar-refractivity contribution < 1.29 is 4.74 Å². The van der Waals surface area contributed by atoms with Gasteiger partial charge in [0.05, 0.1) is 27.8 Å². The number of nitrogens with zero attached hydrogens (tertiary/aromatic N) is 2. The molecule has 0 saturated carbocycles. The molecule has 4 heteroatoms. The maximum absolute atomic E-state index is 6.44. The van der Waals surface area contributed by atoms with Gasteiger partial charge in [-0.3, -0.25) is 0 Å². The largest absolute Gasteiger partial charge is 0.458 e. The maximum atomic E-state index is 6.44. The van der Waals surface area contributed by atoms with Gasteiger partial charge in [-0.05, 0) is 58.9 Å². The van der Waals surface area contributed by atoms with Crippen molar-refractivity contribution in [2.45, 2.75) is 0 Å². The van der Waals surface area contributed by atoms with E-state index in [0.29, 0.717) is 0 Å². The second-order valence-corrected chi connectivity index (χ2v) is 12.1. The van der Waals surface area contributed by atoms with Crippen molar-refractivity contribution in [3.05, 3.63) is 164 Å². The zero-order valence-electron chi connectivity index (χ0n) is 25.0. The van der Waals surface area contributed by atoms with Crippen LogP contribution < -0.4 is 21.1 Å². The second-order valence-electron chi connectivity index (χ2n) is 12.1. The number of rotatable bonds is 3. The van der Waals surface area contributed by atoms with Gasteiger partial charge in [0, 0.05) is 27.2 Å². The summed E-state index contributed by atoms with van der Waals surface area (Å²) in [5.74, 6) is 1.82. The molecule has 0 fully saturated rings. The van der Waals surface area contributed by atoms with Crippen LogP contribution in [0.1, 0.15) is 0 Å². The Balaban J connectivity index is 1.34. The molecule has 3 nitrogen and oxygen atoms in total. The van der Waals surface area contributed by atoms with Crippen molar-refractivity contribution in [3.8, 4) is 22.9 Å². The van der Waals surface area contributed by atoms with Crippen LogP contribution in [-0.4, -0.2) is 15.8 Å². The summed E-state index contributed by atoms with van der Waals surface area (Å²) in [4.78, 5) is 0. The molecule has 0 aliphatic carbocycles. The molecular formula is C42H27BN2O. The van der Waals surface area contributed by atoms with Crippen LogP contribution >= 0.6 is 0 Å². The SMILES string of the molecule is c1ccc2c(c1)Oc1ccccc1B2c1ccccc1-n1c2ccccc2c2cccc(-n3c4ccccc4c4ccccc43)c21. The van der Waals surface area contributed by atoms with Crippen molar-refractivity contribution in [2.75, 3.05) is 0 Å². The van der Waals surface area contributed by atoms with E-state index in [0.717, 1.165) is 17.2 Å². The third-order valence-corrected chi connectivity index (χ3v) is 9.66. The molecule has 10 rings (SSSR count). The Bertz CT molecular complexity index is 2550. The molecule has 7 aromatic carbocycles. The summed E-state index contributed by atoms with van der Waals surface area (Å²) in [5.41, 5.74) is 10.7. The lowest BCUT2D eigenvalue weighted by atomic mass is 9.35. The molecule has 3 heterocycles. The summed E-state index contributed by atoms with van der Waals surface area (Å²) in [6.45, 7) is 0.00830. The number of hydrogen-bond donors (Lipinski definition) is 0. The van der Waals surface area contributed by atoms with E-state index < -0.39 is 0 Å². The highest BCUT2D eigenvalue weighted by molar-refractivity contribution is 6.97. The molecule has 1 aliphatic heterocycles. The number of ether oxygens (including phenoxy) is 1. The third kappa shape index (κ3) is 3.50. The minimum Gasteiger partial charge on any atom is -0.458 e. The van der Waals surface area contributed by atoms with Crippen LogP contribution in [0.5, 0.6) is 11.5 Å². The molecule has 0 N–H and O–H groups in total. The molecule has 0 bridgehead atoms. The number of benzene rings is 7. The van der Waals surface area contributed by atoms with E-state index in [1.807, 2.05) is 0 Å². The van der Waals surface area contributed by atoms with Crippen LogP contribution in [0.4, 0.5) is 0 Å². The van der Waals surface area contributed by atoms with Crippen molar-refractivity contribution >= 4 is 66.7 Å². The van der Waals surface area contributed by atoms with E-state index in [1.165, 1.54) is 65.7 Å². The van der Waals surface area contributed by atoms with Crippen LogP contribution in [0.25, 0.3) is 55.0 Å². The Hall–Kier alpha value is -6.00. The Morgan fingerprint density at radius 3 is 1.41 bits per heavy atom. The average Bonchev–Trinajstić information content (AvgIpc) is 3.64. The van der Waals surface area contributed by atoms with Crippen molar-refractivity contribution in [1.29, 1.82) is 0 Å². The normalized spacial score (nSPS) is 12.5. The Morgan fingerprint density at radius 2 is 0.783 bits per heavy atom. The molecule has 9 aromatic rings. The number of para-hydroxylation sites is 7. The minimum absolute atomic E-state index is 0.00830. The Kier molecular flexibility index (Phi) is 5.37. The first kappa shape index (κ1) is 25.3. The highest BCUT2D eigenvalue weighted by Gasteiger charge is 2.34. The Labute approximate surface area is 266 Å². The predicted molar refractivity (Wildman–Crippen MR) is 193 cm³/mol. The van der Waals surface area contributed by atoms with Crippen molar-refractivity contribution in [2.24, 2.45) is 0 Å². The first-order valence-corrected chi connectivity index (χ1v) is 15.8. The third-order valence-electron chi connectivity index (χ3n) is 9.66. The van der Waals surface area contributed by atoms with Gasteiger partial charge in [0.1, 0.15) is 11.5 Å². The average molecular weight is 587 g/mol.